The Labute approximate surface area is 257 Å². The van der Waals surface area contributed by atoms with Gasteiger partial charge < -0.3 is 4.74 Å². The normalized spacial score (nSPS) is 19.0. The topological polar surface area (TPSA) is 9.23 Å². The Kier molecular flexibility index (Phi) is 5.53. The van der Waals surface area contributed by atoms with E-state index in [0.29, 0.717) is 0 Å². The van der Waals surface area contributed by atoms with E-state index >= 15 is 0 Å². The van der Waals surface area contributed by atoms with Crippen molar-refractivity contribution in [3.63, 3.8) is 0 Å². The highest BCUT2D eigenvalue weighted by molar-refractivity contribution is 6.08. The van der Waals surface area contributed by atoms with Crippen LogP contribution < -0.4 is 4.74 Å². The first-order valence-corrected chi connectivity index (χ1v) is 15.7. The fraction of sp³-hybridized carbons (Fsp3) is 0.143. The van der Waals surface area contributed by atoms with Gasteiger partial charge in [-0.05, 0) is 69.8 Å². The lowest BCUT2D eigenvalue weighted by Crippen LogP contribution is -2.35. The Morgan fingerprint density at radius 1 is 0.614 bits per heavy atom. The molecule has 1 nitrogen and oxygen atoms in total. The first-order valence-electron chi connectivity index (χ1n) is 15.7. The fourth-order valence-corrected chi connectivity index (χ4v) is 8.34. The molecule has 6 aromatic rings. The zero-order valence-electron chi connectivity index (χ0n) is 24.4. The molecule has 1 atom stereocenters. The van der Waals surface area contributed by atoms with Crippen LogP contribution in [0.5, 0.6) is 5.75 Å². The first-order chi connectivity index (χ1) is 21.7. The zero-order chi connectivity index (χ0) is 29.3. The van der Waals surface area contributed by atoms with Crippen molar-refractivity contribution in [2.24, 2.45) is 0 Å². The van der Waals surface area contributed by atoms with E-state index in [9.17, 15) is 4.39 Å². The molecule has 212 valence electrons. The van der Waals surface area contributed by atoms with Crippen molar-refractivity contribution in [3.8, 4) is 28.0 Å². The van der Waals surface area contributed by atoms with Crippen LogP contribution in [0.2, 0.25) is 0 Å². The Balaban J connectivity index is 1.30. The minimum atomic E-state index is -0.805. The van der Waals surface area contributed by atoms with Gasteiger partial charge in [0.15, 0.2) is 5.60 Å². The average Bonchev–Trinajstić information content (AvgIpc) is 3.69. The molecule has 1 spiro atoms. The van der Waals surface area contributed by atoms with Crippen LogP contribution in [0.25, 0.3) is 39.1 Å². The van der Waals surface area contributed by atoms with E-state index in [1.807, 2.05) is 12.1 Å². The van der Waals surface area contributed by atoms with Gasteiger partial charge in [-0.3, -0.25) is 0 Å². The van der Waals surface area contributed by atoms with Gasteiger partial charge in [0.05, 0.1) is 0 Å². The maximum absolute atomic E-state index is 14.8. The third-order valence-electron chi connectivity index (χ3n) is 10.3. The molecule has 3 aliphatic rings. The quantitative estimate of drug-likeness (QED) is 0.206. The van der Waals surface area contributed by atoms with Gasteiger partial charge in [0.25, 0.3) is 0 Å². The number of rotatable bonds is 3. The number of fused-ring (bicyclic) bond motifs is 10. The highest BCUT2D eigenvalue weighted by Crippen LogP contribution is 2.62. The predicted octanol–water partition coefficient (Wildman–Crippen LogP) is 10.8. The molecule has 1 saturated carbocycles. The van der Waals surface area contributed by atoms with Gasteiger partial charge in [-0.25, -0.2) is 4.39 Å². The van der Waals surface area contributed by atoms with E-state index in [-0.39, 0.29) is 11.2 Å². The molecule has 0 saturated heterocycles. The second-order valence-corrected chi connectivity index (χ2v) is 12.5. The number of hydrogen-bond acceptors (Lipinski definition) is 1. The molecule has 1 heterocycles. The summed E-state index contributed by atoms with van der Waals surface area (Å²) in [5, 5.41) is 2.27. The third kappa shape index (κ3) is 3.51. The number of ether oxygens (including phenoxy) is 1. The minimum Gasteiger partial charge on any atom is -0.472 e. The van der Waals surface area contributed by atoms with Gasteiger partial charge >= 0.3 is 0 Å². The Hall–Kier alpha value is -4.95. The van der Waals surface area contributed by atoms with Crippen molar-refractivity contribution in [1.29, 1.82) is 0 Å². The SMILES string of the molecule is Fc1ccc2c(c1)C1(CCCC1)c1c3c(c4ccccc4c1-2)OC(c1ccccc1)(c1ccc(-c2ccccc2)cc1)C=C3. The maximum atomic E-state index is 14.8. The number of hydrogen-bond donors (Lipinski definition) is 0. The molecule has 2 heteroatoms. The van der Waals surface area contributed by atoms with Crippen LogP contribution in [0.15, 0.2) is 133 Å². The lowest BCUT2D eigenvalue weighted by Gasteiger charge is -2.39. The molecule has 0 bridgehead atoms. The van der Waals surface area contributed by atoms with Crippen molar-refractivity contribution >= 4 is 16.8 Å². The molecular weight excluding hydrogens is 539 g/mol. The summed E-state index contributed by atoms with van der Waals surface area (Å²) in [4.78, 5) is 0. The molecule has 1 unspecified atom stereocenters. The van der Waals surface area contributed by atoms with E-state index in [1.54, 1.807) is 12.1 Å². The smallest absolute Gasteiger partial charge is 0.178 e. The van der Waals surface area contributed by atoms with Crippen LogP contribution >= 0.6 is 0 Å². The second-order valence-electron chi connectivity index (χ2n) is 12.5. The molecule has 1 fully saturated rings. The van der Waals surface area contributed by atoms with Gasteiger partial charge in [-0.15, -0.1) is 0 Å². The first kappa shape index (κ1) is 25.5. The largest absolute Gasteiger partial charge is 0.472 e. The molecule has 9 rings (SSSR count). The van der Waals surface area contributed by atoms with Crippen LogP contribution in [0.3, 0.4) is 0 Å². The lowest BCUT2D eigenvalue weighted by atomic mass is 9.73. The maximum Gasteiger partial charge on any atom is 0.178 e. The standard InChI is InChI=1S/C42H31FO/c43-32-21-22-35-37(27-32)41(24-9-10-25-41)39-36-23-26-42(30-13-5-2-6-14-30,44-40(36)34-16-8-7-15-33(34)38(35)39)31-19-17-29(18-20-31)28-11-3-1-4-12-28/h1-8,11-23,26-27H,9-10,24-25H2. The summed E-state index contributed by atoms with van der Waals surface area (Å²) in [7, 11) is 0. The van der Waals surface area contributed by atoms with Crippen molar-refractivity contribution in [2.45, 2.75) is 36.7 Å². The fourth-order valence-electron chi connectivity index (χ4n) is 8.34. The number of halogens is 1. The Morgan fingerprint density at radius 2 is 1.25 bits per heavy atom. The molecule has 0 N–H and O–H groups in total. The van der Waals surface area contributed by atoms with Gasteiger partial charge in [0, 0.05) is 27.5 Å². The van der Waals surface area contributed by atoms with Crippen molar-refractivity contribution in [1.82, 2.24) is 0 Å². The molecule has 0 aromatic heterocycles. The highest BCUT2D eigenvalue weighted by Gasteiger charge is 2.49. The van der Waals surface area contributed by atoms with Gasteiger partial charge in [0.2, 0.25) is 0 Å². The number of benzene rings is 6. The van der Waals surface area contributed by atoms with Crippen LogP contribution in [-0.4, -0.2) is 0 Å². The summed E-state index contributed by atoms with van der Waals surface area (Å²) < 4.78 is 22.3. The lowest BCUT2D eigenvalue weighted by molar-refractivity contribution is 0.163. The molecule has 1 aliphatic heterocycles. The summed E-state index contributed by atoms with van der Waals surface area (Å²) >= 11 is 0. The van der Waals surface area contributed by atoms with Gasteiger partial charge in [-0.2, -0.15) is 0 Å². The van der Waals surface area contributed by atoms with Crippen LogP contribution in [0.1, 0.15) is 53.5 Å². The van der Waals surface area contributed by atoms with Gasteiger partial charge in [-0.1, -0.05) is 134 Å². The third-order valence-corrected chi connectivity index (χ3v) is 10.3. The Bertz CT molecular complexity index is 2090. The van der Waals surface area contributed by atoms with E-state index in [0.717, 1.165) is 59.1 Å². The van der Waals surface area contributed by atoms with E-state index in [4.69, 9.17) is 4.74 Å². The van der Waals surface area contributed by atoms with Crippen LogP contribution in [0.4, 0.5) is 4.39 Å². The van der Waals surface area contributed by atoms with Crippen molar-refractivity contribution in [2.75, 3.05) is 0 Å². The summed E-state index contributed by atoms with van der Waals surface area (Å²) in [5.41, 5.74) is 9.57. The van der Waals surface area contributed by atoms with E-state index in [1.165, 1.54) is 33.2 Å². The molecule has 0 radical (unpaired) electrons. The molecule has 44 heavy (non-hydrogen) atoms. The van der Waals surface area contributed by atoms with Crippen LogP contribution in [0, 0.1) is 5.82 Å². The van der Waals surface area contributed by atoms with Gasteiger partial charge in [0.1, 0.15) is 11.6 Å². The molecule has 0 amide bonds. The Morgan fingerprint density at radius 3 is 2.00 bits per heavy atom. The van der Waals surface area contributed by atoms with E-state index in [2.05, 4.69) is 115 Å². The van der Waals surface area contributed by atoms with Crippen molar-refractivity contribution < 1.29 is 9.13 Å². The molecular formula is C42H31FO. The average molecular weight is 571 g/mol. The minimum absolute atomic E-state index is 0.158. The van der Waals surface area contributed by atoms with Crippen molar-refractivity contribution in [3.05, 3.63) is 167 Å². The molecule has 6 aromatic carbocycles. The molecule has 2 aliphatic carbocycles. The predicted molar refractivity (Wildman–Crippen MR) is 177 cm³/mol. The van der Waals surface area contributed by atoms with Crippen LogP contribution in [-0.2, 0) is 11.0 Å². The van der Waals surface area contributed by atoms with E-state index < -0.39 is 5.60 Å². The highest BCUT2D eigenvalue weighted by atomic mass is 19.1. The summed E-state index contributed by atoms with van der Waals surface area (Å²) in [6.45, 7) is 0. The zero-order valence-corrected chi connectivity index (χ0v) is 24.4. The summed E-state index contributed by atoms with van der Waals surface area (Å²) in [6.07, 6.45) is 8.90. The summed E-state index contributed by atoms with van der Waals surface area (Å²) in [6, 6.07) is 43.9. The monoisotopic (exact) mass is 570 g/mol. The summed E-state index contributed by atoms with van der Waals surface area (Å²) in [5.74, 6) is 0.757. The second kappa shape index (κ2) is 9.53.